The van der Waals surface area contributed by atoms with Crippen LogP contribution in [0.25, 0.3) is 0 Å². The average Bonchev–Trinajstić information content (AvgIpc) is 2.70. The maximum atomic E-state index is 12.3. The van der Waals surface area contributed by atoms with Gasteiger partial charge in [0.2, 0.25) is 5.91 Å². The largest absolute Gasteiger partial charge is 0.326 e. The van der Waals surface area contributed by atoms with E-state index in [9.17, 15) is 9.59 Å². The van der Waals surface area contributed by atoms with Gasteiger partial charge in [-0.3, -0.25) is 9.59 Å². The third-order valence-corrected chi connectivity index (χ3v) is 4.42. The van der Waals surface area contributed by atoms with Gasteiger partial charge in [-0.1, -0.05) is 48.0 Å². The van der Waals surface area contributed by atoms with Gasteiger partial charge in [-0.15, -0.1) is 0 Å². The Hall–Kier alpha value is -3.40. The van der Waals surface area contributed by atoms with Crippen LogP contribution in [0.2, 0.25) is 0 Å². The van der Waals surface area contributed by atoms with E-state index in [1.165, 1.54) is 5.56 Å². The van der Waals surface area contributed by atoms with Gasteiger partial charge in [-0.05, 0) is 61.7 Å². The first-order valence-electron chi connectivity index (χ1n) is 9.42. The third kappa shape index (κ3) is 5.81. The SMILES string of the molecule is Cc1cccc(C(=O)Nc2ccc(NC(=O)CCCc3ccccc3)cc2)c1. The number of hydrogen-bond donors (Lipinski definition) is 2. The number of benzene rings is 3. The highest BCUT2D eigenvalue weighted by atomic mass is 16.2. The third-order valence-electron chi connectivity index (χ3n) is 4.42. The van der Waals surface area contributed by atoms with Crippen molar-refractivity contribution in [2.75, 3.05) is 10.6 Å². The van der Waals surface area contributed by atoms with Crippen molar-refractivity contribution in [3.05, 3.63) is 95.6 Å². The van der Waals surface area contributed by atoms with Gasteiger partial charge in [0, 0.05) is 23.4 Å². The summed E-state index contributed by atoms with van der Waals surface area (Å²) >= 11 is 0. The second kappa shape index (κ2) is 9.51. The van der Waals surface area contributed by atoms with Gasteiger partial charge in [0.25, 0.3) is 5.91 Å². The summed E-state index contributed by atoms with van der Waals surface area (Å²) < 4.78 is 0. The van der Waals surface area contributed by atoms with Crippen LogP contribution in [0.1, 0.15) is 34.3 Å². The molecule has 0 saturated carbocycles. The number of nitrogens with one attached hydrogen (secondary N) is 2. The van der Waals surface area contributed by atoms with E-state index in [2.05, 4.69) is 22.8 Å². The molecule has 0 fully saturated rings. The number of hydrogen-bond acceptors (Lipinski definition) is 2. The van der Waals surface area contributed by atoms with Crippen molar-refractivity contribution >= 4 is 23.2 Å². The van der Waals surface area contributed by atoms with Crippen LogP contribution in [0.5, 0.6) is 0 Å². The Balaban J connectivity index is 1.47. The van der Waals surface area contributed by atoms with Gasteiger partial charge in [-0.2, -0.15) is 0 Å². The highest BCUT2D eigenvalue weighted by Crippen LogP contribution is 2.16. The topological polar surface area (TPSA) is 58.2 Å². The van der Waals surface area contributed by atoms with Crippen molar-refractivity contribution in [1.29, 1.82) is 0 Å². The summed E-state index contributed by atoms with van der Waals surface area (Å²) in [4.78, 5) is 24.4. The van der Waals surface area contributed by atoms with Crippen LogP contribution in [0.3, 0.4) is 0 Å². The van der Waals surface area contributed by atoms with Gasteiger partial charge in [0.1, 0.15) is 0 Å². The lowest BCUT2D eigenvalue weighted by Crippen LogP contribution is -2.13. The molecule has 2 amide bonds. The number of aryl methyl sites for hydroxylation is 2. The predicted molar refractivity (Wildman–Crippen MR) is 114 cm³/mol. The van der Waals surface area contributed by atoms with Crippen LogP contribution in [-0.4, -0.2) is 11.8 Å². The second-order valence-corrected chi connectivity index (χ2v) is 6.79. The molecule has 0 radical (unpaired) electrons. The Morgan fingerprint density at radius 1 is 0.786 bits per heavy atom. The van der Waals surface area contributed by atoms with Crippen molar-refractivity contribution in [2.24, 2.45) is 0 Å². The van der Waals surface area contributed by atoms with Crippen molar-refractivity contribution in [2.45, 2.75) is 26.2 Å². The van der Waals surface area contributed by atoms with E-state index >= 15 is 0 Å². The molecule has 0 saturated heterocycles. The summed E-state index contributed by atoms with van der Waals surface area (Å²) in [5.74, 6) is -0.158. The molecule has 28 heavy (non-hydrogen) atoms. The van der Waals surface area contributed by atoms with Crippen molar-refractivity contribution in [3.63, 3.8) is 0 Å². The molecular weight excluding hydrogens is 348 g/mol. The molecule has 142 valence electrons. The Morgan fingerprint density at radius 2 is 1.46 bits per heavy atom. The smallest absolute Gasteiger partial charge is 0.255 e. The van der Waals surface area contributed by atoms with Gasteiger partial charge in [0.05, 0.1) is 0 Å². The molecular formula is C24H24N2O2. The zero-order chi connectivity index (χ0) is 19.8. The van der Waals surface area contributed by atoms with Crippen LogP contribution in [0, 0.1) is 6.92 Å². The highest BCUT2D eigenvalue weighted by Gasteiger charge is 2.07. The Labute approximate surface area is 165 Å². The van der Waals surface area contributed by atoms with Gasteiger partial charge in [0.15, 0.2) is 0 Å². The monoisotopic (exact) mass is 372 g/mol. The molecule has 0 spiro atoms. The fourth-order valence-corrected chi connectivity index (χ4v) is 2.95. The fourth-order valence-electron chi connectivity index (χ4n) is 2.95. The summed E-state index contributed by atoms with van der Waals surface area (Å²) in [6, 6.07) is 24.7. The van der Waals surface area contributed by atoms with Crippen LogP contribution in [-0.2, 0) is 11.2 Å². The molecule has 2 N–H and O–H groups in total. The molecule has 0 aliphatic heterocycles. The summed E-state index contributed by atoms with van der Waals surface area (Å²) in [6.07, 6.45) is 2.17. The van der Waals surface area contributed by atoms with E-state index in [4.69, 9.17) is 0 Å². The van der Waals surface area contributed by atoms with Crippen LogP contribution < -0.4 is 10.6 Å². The molecule has 0 aromatic heterocycles. The van der Waals surface area contributed by atoms with E-state index in [0.29, 0.717) is 17.7 Å². The second-order valence-electron chi connectivity index (χ2n) is 6.79. The van der Waals surface area contributed by atoms with Crippen molar-refractivity contribution in [1.82, 2.24) is 0 Å². The molecule has 0 heterocycles. The zero-order valence-electron chi connectivity index (χ0n) is 15.9. The average molecular weight is 372 g/mol. The number of amides is 2. The first-order chi connectivity index (χ1) is 13.6. The minimum Gasteiger partial charge on any atom is -0.326 e. The number of anilines is 2. The standard InChI is InChI=1S/C24H24N2O2/c1-18-7-5-11-20(17-18)24(28)26-22-15-13-21(14-16-22)25-23(27)12-6-10-19-8-3-2-4-9-19/h2-5,7-9,11,13-17H,6,10,12H2,1H3,(H,25,27)(H,26,28). The molecule has 0 aliphatic carbocycles. The summed E-state index contributed by atoms with van der Waals surface area (Å²) in [5.41, 5.74) is 4.31. The first-order valence-corrected chi connectivity index (χ1v) is 9.42. The zero-order valence-corrected chi connectivity index (χ0v) is 15.9. The normalized spacial score (nSPS) is 10.3. The Kier molecular flexibility index (Phi) is 6.58. The number of rotatable bonds is 7. The maximum absolute atomic E-state index is 12.3. The molecule has 0 unspecified atom stereocenters. The lowest BCUT2D eigenvalue weighted by atomic mass is 10.1. The lowest BCUT2D eigenvalue weighted by Gasteiger charge is -2.08. The van der Waals surface area contributed by atoms with Crippen molar-refractivity contribution < 1.29 is 9.59 Å². The molecule has 0 bridgehead atoms. The summed E-state index contributed by atoms with van der Waals surface area (Å²) in [7, 11) is 0. The van der Waals surface area contributed by atoms with Gasteiger partial charge < -0.3 is 10.6 Å². The molecule has 0 aliphatic rings. The minimum atomic E-state index is -0.151. The van der Waals surface area contributed by atoms with E-state index in [1.807, 2.05) is 43.3 Å². The first kappa shape index (κ1) is 19.4. The highest BCUT2D eigenvalue weighted by molar-refractivity contribution is 6.04. The van der Waals surface area contributed by atoms with E-state index in [0.717, 1.165) is 24.1 Å². The molecule has 4 heteroatoms. The molecule has 3 rings (SSSR count). The molecule has 4 nitrogen and oxygen atoms in total. The maximum Gasteiger partial charge on any atom is 0.255 e. The predicted octanol–water partition coefficient (Wildman–Crippen LogP) is 5.21. The Morgan fingerprint density at radius 3 is 2.14 bits per heavy atom. The molecule has 3 aromatic carbocycles. The van der Waals surface area contributed by atoms with E-state index < -0.39 is 0 Å². The number of carbonyl (C=O) groups is 2. The summed E-state index contributed by atoms with van der Waals surface area (Å²) in [5, 5.41) is 5.76. The quantitative estimate of drug-likeness (QED) is 0.598. The van der Waals surface area contributed by atoms with Crippen LogP contribution in [0.4, 0.5) is 11.4 Å². The van der Waals surface area contributed by atoms with Crippen molar-refractivity contribution in [3.8, 4) is 0 Å². The fraction of sp³-hybridized carbons (Fsp3) is 0.167. The number of carbonyl (C=O) groups excluding carboxylic acids is 2. The molecule has 3 aromatic rings. The molecule has 0 atom stereocenters. The van der Waals surface area contributed by atoms with E-state index in [1.54, 1.807) is 30.3 Å². The lowest BCUT2D eigenvalue weighted by molar-refractivity contribution is -0.116. The van der Waals surface area contributed by atoms with Gasteiger partial charge in [-0.25, -0.2) is 0 Å². The van der Waals surface area contributed by atoms with E-state index in [-0.39, 0.29) is 11.8 Å². The Bertz CT molecular complexity index is 934. The van der Waals surface area contributed by atoms with Crippen LogP contribution >= 0.6 is 0 Å². The summed E-state index contributed by atoms with van der Waals surface area (Å²) in [6.45, 7) is 1.95. The van der Waals surface area contributed by atoms with Gasteiger partial charge >= 0.3 is 0 Å². The van der Waals surface area contributed by atoms with Crippen LogP contribution in [0.15, 0.2) is 78.9 Å². The minimum absolute atomic E-state index is 0.00697.